The standard InChI is InChI=1S/C10H14N2O/c1-8-2-4-9(5-3-8)6-7-10(13)12-11/h2-5H,6-7,11H2,1H3,(H,12,13). The van der Waals surface area contributed by atoms with Gasteiger partial charge >= 0.3 is 0 Å². The van der Waals surface area contributed by atoms with Gasteiger partial charge in [-0.25, -0.2) is 5.84 Å². The number of amides is 1. The molecule has 0 aliphatic rings. The third-order valence-electron chi connectivity index (χ3n) is 1.92. The number of rotatable bonds is 3. The molecule has 0 atom stereocenters. The van der Waals surface area contributed by atoms with Crippen molar-refractivity contribution in [1.82, 2.24) is 5.43 Å². The number of nitrogens with two attached hydrogens (primary N) is 1. The molecular formula is C10H14N2O. The number of hydrazine groups is 1. The largest absolute Gasteiger partial charge is 0.294 e. The minimum absolute atomic E-state index is 0.124. The summed E-state index contributed by atoms with van der Waals surface area (Å²) in [6.45, 7) is 2.04. The summed E-state index contributed by atoms with van der Waals surface area (Å²) in [5.41, 5.74) is 4.50. The van der Waals surface area contributed by atoms with E-state index in [-0.39, 0.29) is 5.91 Å². The van der Waals surface area contributed by atoms with Gasteiger partial charge in [0.25, 0.3) is 0 Å². The molecule has 1 aromatic carbocycles. The van der Waals surface area contributed by atoms with Crippen LogP contribution in [-0.2, 0) is 11.2 Å². The molecule has 0 radical (unpaired) electrons. The van der Waals surface area contributed by atoms with E-state index in [4.69, 9.17) is 5.84 Å². The first-order valence-electron chi connectivity index (χ1n) is 4.27. The molecule has 1 rings (SSSR count). The summed E-state index contributed by atoms with van der Waals surface area (Å²) in [7, 11) is 0. The Morgan fingerprint density at radius 2 is 2.00 bits per heavy atom. The van der Waals surface area contributed by atoms with Gasteiger partial charge in [0.05, 0.1) is 0 Å². The van der Waals surface area contributed by atoms with Gasteiger partial charge in [-0.1, -0.05) is 29.8 Å². The van der Waals surface area contributed by atoms with Crippen molar-refractivity contribution in [3.8, 4) is 0 Å². The minimum Gasteiger partial charge on any atom is -0.294 e. The van der Waals surface area contributed by atoms with Gasteiger partial charge in [0.15, 0.2) is 0 Å². The second-order valence-corrected chi connectivity index (χ2v) is 3.05. The summed E-state index contributed by atoms with van der Waals surface area (Å²) in [4.78, 5) is 10.8. The van der Waals surface area contributed by atoms with Gasteiger partial charge in [0.2, 0.25) is 5.91 Å². The number of hydrogen-bond donors (Lipinski definition) is 2. The van der Waals surface area contributed by atoms with Gasteiger partial charge in [-0.15, -0.1) is 0 Å². The van der Waals surface area contributed by atoms with Crippen molar-refractivity contribution in [2.75, 3.05) is 0 Å². The lowest BCUT2D eigenvalue weighted by atomic mass is 10.1. The van der Waals surface area contributed by atoms with Crippen molar-refractivity contribution < 1.29 is 4.79 Å². The Balaban J connectivity index is 2.46. The van der Waals surface area contributed by atoms with E-state index >= 15 is 0 Å². The fourth-order valence-electron chi connectivity index (χ4n) is 1.08. The van der Waals surface area contributed by atoms with Crippen LogP contribution >= 0.6 is 0 Å². The molecule has 0 fully saturated rings. The monoisotopic (exact) mass is 178 g/mol. The first kappa shape index (κ1) is 9.74. The van der Waals surface area contributed by atoms with Gasteiger partial charge in [0, 0.05) is 6.42 Å². The number of benzene rings is 1. The molecule has 0 saturated heterocycles. The molecular weight excluding hydrogens is 164 g/mol. The maximum atomic E-state index is 10.8. The quantitative estimate of drug-likeness (QED) is 0.411. The Morgan fingerprint density at radius 1 is 1.38 bits per heavy atom. The molecule has 0 aliphatic carbocycles. The van der Waals surface area contributed by atoms with E-state index in [1.54, 1.807) is 0 Å². The van der Waals surface area contributed by atoms with Crippen LogP contribution in [0.25, 0.3) is 0 Å². The fraction of sp³-hybridized carbons (Fsp3) is 0.300. The van der Waals surface area contributed by atoms with Gasteiger partial charge in [-0.3, -0.25) is 10.2 Å². The van der Waals surface area contributed by atoms with Crippen molar-refractivity contribution >= 4 is 5.91 Å². The molecule has 1 aromatic rings. The van der Waals surface area contributed by atoms with E-state index in [0.717, 1.165) is 12.0 Å². The SMILES string of the molecule is Cc1ccc(CCC(=O)NN)cc1. The molecule has 0 aromatic heterocycles. The maximum absolute atomic E-state index is 10.8. The summed E-state index contributed by atoms with van der Waals surface area (Å²) in [5.74, 6) is 4.84. The van der Waals surface area contributed by atoms with Crippen LogP contribution in [-0.4, -0.2) is 5.91 Å². The fourth-order valence-corrected chi connectivity index (χ4v) is 1.08. The van der Waals surface area contributed by atoms with E-state index < -0.39 is 0 Å². The van der Waals surface area contributed by atoms with Crippen LogP contribution < -0.4 is 11.3 Å². The van der Waals surface area contributed by atoms with E-state index in [9.17, 15) is 4.79 Å². The Kier molecular flexibility index (Phi) is 3.46. The third-order valence-corrected chi connectivity index (χ3v) is 1.92. The van der Waals surface area contributed by atoms with Gasteiger partial charge < -0.3 is 0 Å². The summed E-state index contributed by atoms with van der Waals surface area (Å²) < 4.78 is 0. The summed E-state index contributed by atoms with van der Waals surface area (Å²) in [6.07, 6.45) is 1.18. The van der Waals surface area contributed by atoms with Crippen LogP contribution in [0.3, 0.4) is 0 Å². The number of aryl methyl sites for hydroxylation is 2. The van der Waals surface area contributed by atoms with Crippen LogP contribution in [0.15, 0.2) is 24.3 Å². The number of carbonyl (C=O) groups excluding carboxylic acids is 1. The van der Waals surface area contributed by atoms with E-state index in [1.165, 1.54) is 5.56 Å². The molecule has 3 heteroatoms. The van der Waals surface area contributed by atoms with Crippen molar-refractivity contribution in [3.05, 3.63) is 35.4 Å². The zero-order valence-electron chi connectivity index (χ0n) is 7.71. The lowest BCUT2D eigenvalue weighted by Gasteiger charge is -2.00. The predicted molar refractivity (Wildman–Crippen MR) is 51.8 cm³/mol. The van der Waals surface area contributed by atoms with Gasteiger partial charge in [0.1, 0.15) is 0 Å². The third kappa shape index (κ3) is 3.25. The van der Waals surface area contributed by atoms with Gasteiger partial charge in [-0.2, -0.15) is 0 Å². The van der Waals surface area contributed by atoms with Crippen molar-refractivity contribution in [2.24, 2.45) is 5.84 Å². The molecule has 3 N–H and O–H groups in total. The highest BCUT2D eigenvalue weighted by Crippen LogP contribution is 2.05. The average Bonchev–Trinajstić information content (AvgIpc) is 2.16. The highest BCUT2D eigenvalue weighted by molar-refractivity contribution is 5.75. The Morgan fingerprint density at radius 3 is 2.54 bits per heavy atom. The van der Waals surface area contributed by atoms with Crippen molar-refractivity contribution in [1.29, 1.82) is 0 Å². The first-order valence-corrected chi connectivity index (χ1v) is 4.27. The minimum atomic E-state index is -0.124. The molecule has 0 unspecified atom stereocenters. The van der Waals surface area contributed by atoms with Crippen LogP contribution in [0.4, 0.5) is 0 Å². The number of carbonyl (C=O) groups is 1. The molecule has 13 heavy (non-hydrogen) atoms. The molecule has 0 saturated carbocycles. The first-order chi connectivity index (χ1) is 6.22. The number of hydrogen-bond acceptors (Lipinski definition) is 2. The lowest BCUT2D eigenvalue weighted by molar-refractivity contribution is -0.121. The highest BCUT2D eigenvalue weighted by Gasteiger charge is 1.98. The van der Waals surface area contributed by atoms with E-state index in [0.29, 0.717) is 6.42 Å². The highest BCUT2D eigenvalue weighted by atomic mass is 16.2. The van der Waals surface area contributed by atoms with Crippen LogP contribution in [0.1, 0.15) is 17.5 Å². The van der Waals surface area contributed by atoms with Crippen LogP contribution in [0.5, 0.6) is 0 Å². The Hall–Kier alpha value is -1.35. The molecule has 0 heterocycles. The average molecular weight is 178 g/mol. The maximum Gasteiger partial charge on any atom is 0.234 e. The molecule has 70 valence electrons. The summed E-state index contributed by atoms with van der Waals surface area (Å²) in [6, 6.07) is 8.13. The van der Waals surface area contributed by atoms with Crippen LogP contribution in [0.2, 0.25) is 0 Å². The topological polar surface area (TPSA) is 55.1 Å². The molecule has 3 nitrogen and oxygen atoms in total. The molecule has 0 spiro atoms. The Labute approximate surface area is 77.9 Å². The number of nitrogens with one attached hydrogen (secondary N) is 1. The molecule has 1 amide bonds. The zero-order chi connectivity index (χ0) is 9.68. The van der Waals surface area contributed by atoms with Crippen molar-refractivity contribution in [2.45, 2.75) is 19.8 Å². The second kappa shape index (κ2) is 4.62. The zero-order valence-corrected chi connectivity index (χ0v) is 7.71. The molecule has 0 bridgehead atoms. The van der Waals surface area contributed by atoms with E-state index in [1.807, 2.05) is 31.2 Å². The Bertz CT molecular complexity index is 279. The summed E-state index contributed by atoms with van der Waals surface area (Å²) >= 11 is 0. The van der Waals surface area contributed by atoms with Gasteiger partial charge in [-0.05, 0) is 18.9 Å². The second-order valence-electron chi connectivity index (χ2n) is 3.05. The normalized spacial score (nSPS) is 9.69. The van der Waals surface area contributed by atoms with Crippen LogP contribution in [0, 0.1) is 6.92 Å². The van der Waals surface area contributed by atoms with Crippen molar-refractivity contribution in [3.63, 3.8) is 0 Å². The lowest BCUT2D eigenvalue weighted by Crippen LogP contribution is -2.30. The summed E-state index contributed by atoms with van der Waals surface area (Å²) in [5, 5.41) is 0. The predicted octanol–water partition coefficient (Wildman–Crippen LogP) is 0.918. The molecule has 0 aliphatic heterocycles. The smallest absolute Gasteiger partial charge is 0.234 e. The van der Waals surface area contributed by atoms with E-state index in [2.05, 4.69) is 5.43 Å².